The number of nitrogens with one attached hydrogen (secondary N) is 1. The van der Waals surface area contributed by atoms with Gasteiger partial charge in [0.05, 0.1) is 19.1 Å². The monoisotopic (exact) mass is 473 g/mol. The Hall–Kier alpha value is -3.82. The Kier molecular flexibility index (Phi) is 10.1. The van der Waals surface area contributed by atoms with Crippen molar-refractivity contribution in [2.75, 3.05) is 27.4 Å². The third-order valence-electron chi connectivity index (χ3n) is 5.16. The number of benzene rings is 2. The number of nitrogens with zero attached hydrogens (tertiary/aromatic N) is 2. The third-order valence-corrected chi connectivity index (χ3v) is 5.16. The van der Waals surface area contributed by atoms with Crippen molar-refractivity contribution < 1.29 is 28.7 Å². The average molecular weight is 474 g/mol. The van der Waals surface area contributed by atoms with E-state index in [1.165, 1.54) is 30.2 Å². The first-order chi connectivity index (χ1) is 16.3. The van der Waals surface area contributed by atoms with E-state index in [-0.39, 0.29) is 36.2 Å². The van der Waals surface area contributed by atoms with Gasteiger partial charge in [0.15, 0.2) is 6.61 Å². The summed E-state index contributed by atoms with van der Waals surface area (Å²) >= 11 is 0. The summed E-state index contributed by atoms with van der Waals surface area (Å²) in [6, 6.07) is 10.6. The lowest BCUT2D eigenvalue weighted by Crippen LogP contribution is -2.50. The molecule has 0 heterocycles. The van der Waals surface area contributed by atoms with Crippen LogP contribution in [-0.2, 0) is 16.1 Å². The summed E-state index contributed by atoms with van der Waals surface area (Å²) in [6.45, 7) is 4.15. The summed E-state index contributed by atoms with van der Waals surface area (Å²) in [4.78, 5) is 38.0. The fraction of sp³-hybridized carbons (Fsp3) is 0.417. The Labute approximate surface area is 198 Å². The van der Waals surface area contributed by atoms with Crippen molar-refractivity contribution in [3.05, 3.63) is 58.1 Å². The lowest BCUT2D eigenvalue weighted by Gasteiger charge is -2.30. The molecule has 2 aromatic carbocycles. The molecular formula is C24H31N3O7. The highest BCUT2D eigenvalue weighted by atomic mass is 16.6. The smallest absolute Gasteiger partial charge is 0.311 e. The maximum atomic E-state index is 13.2. The van der Waals surface area contributed by atoms with Crippen molar-refractivity contribution in [2.45, 2.75) is 39.3 Å². The standard InChI is InChI=1S/C24H31N3O7/c1-5-13-25-24(29)20(6-2)26(15-17-7-9-18(32-3)10-8-17)23(28)16-34-19-11-12-21(27(30)31)22(14-19)33-4/h7-12,14,20H,5-6,13,15-16H2,1-4H3,(H,25,29)/t20-/m0/s1. The molecule has 0 unspecified atom stereocenters. The average Bonchev–Trinajstić information content (AvgIpc) is 2.85. The summed E-state index contributed by atoms with van der Waals surface area (Å²) in [5, 5.41) is 13.9. The van der Waals surface area contributed by atoms with E-state index in [4.69, 9.17) is 14.2 Å². The minimum absolute atomic E-state index is 0.0235. The Balaban J connectivity index is 2.23. The summed E-state index contributed by atoms with van der Waals surface area (Å²) in [7, 11) is 2.88. The molecule has 0 aromatic heterocycles. The molecule has 2 rings (SSSR count). The molecular weight excluding hydrogens is 442 g/mol. The highest BCUT2D eigenvalue weighted by molar-refractivity contribution is 5.88. The second-order valence-corrected chi connectivity index (χ2v) is 7.46. The lowest BCUT2D eigenvalue weighted by molar-refractivity contribution is -0.385. The van der Waals surface area contributed by atoms with Crippen molar-refractivity contribution in [2.24, 2.45) is 0 Å². The van der Waals surface area contributed by atoms with Gasteiger partial charge in [-0.1, -0.05) is 26.0 Å². The van der Waals surface area contributed by atoms with Crippen LogP contribution in [0.25, 0.3) is 0 Å². The maximum Gasteiger partial charge on any atom is 0.311 e. The number of methoxy groups -OCH3 is 2. The predicted octanol–water partition coefficient (Wildman–Crippen LogP) is 3.32. The van der Waals surface area contributed by atoms with E-state index in [0.29, 0.717) is 18.7 Å². The molecule has 10 nitrogen and oxygen atoms in total. The Bertz CT molecular complexity index is 979. The van der Waals surface area contributed by atoms with Crippen LogP contribution in [0.4, 0.5) is 5.69 Å². The van der Waals surface area contributed by atoms with E-state index in [1.807, 2.05) is 26.0 Å². The van der Waals surface area contributed by atoms with Crippen LogP contribution in [0, 0.1) is 10.1 Å². The third kappa shape index (κ3) is 7.09. The van der Waals surface area contributed by atoms with E-state index >= 15 is 0 Å². The van der Waals surface area contributed by atoms with Gasteiger partial charge in [-0.25, -0.2) is 0 Å². The molecule has 2 aromatic rings. The van der Waals surface area contributed by atoms with Gasteiger partial charge < -0.3 is 24.4 Å². The minimum Gasteiger partial charge on any atom is -0.497 e. The number of carbonyl (C=O) groups is 2. The molecule has 10 heteroatoms. The number of nitro groups is 1. The molecule has 0 aliphatic carbocycles. The van der Waals surface area contributed by atoms with Gasteiger partial charge in [-0.2, -0.15) is 0 Å². The number of ether oxygens (including phenoxy) is 3. The van der Waals surface area contributed by atoms with Gasteiger partial charge in [0.2, 0.25) is 11.7 Å². The number of rotatable bonds is 13. The molecule has 0 spiro atoms. The highest BCUT2D eigenvalue weighted by Gasteiger charge is 2.29. The van der Waals surface area contributed by atoms with Gasteiger partial charge in [0, 0.05) is 25.2 Å². The van der Waals surface area contributed by atoms with Crippen molar-refractivity contribution in [3.63, 3.8) is 0 Å². The van der Waals surface area contributed by atoms with Gasteiger partial charge in [0.25, 0.3) is 5.91 Å². The summed E-state index contributed by atoms with van der Waals surface area (Å²) in [5.74, 6) is 0.318. The molecule has 0 aliphatic rings. The summed E-state index contributed by atoms with van der Waals surface area (Å²) < 4.78 is 15.8. The second kappa shape index (κ2) is 13.0. The zero-order chi connectivity index (χ0) is 25.1. The van der Waals surface area contributed by atoms with Crippen molar-refractivity contribution >= 4 is 17.5 Å². The Morgan fingerprint density at radius 1 is 1.06 bits per heavy atom. The molecule has 0 saturated heterocycles. The minimum atomic E-state index is -0.684. The van der Waals surface area contributed by atoms with Crippen molar-refractivity contribution in [1.82, 2.24) is 10.2 Å². The molecule has 0 fully saturated rings. The van der Waals surface area contributed by atoms with Crippen LogP contribution < -0.4 is 19.5 Å². The number of amides is 2. The lowest BCUT2D eigenvalue weighted by atomic mass is 10.1. The fourth-order valence-electron chi connectivity index (χ4n) is 3.34. The van der Waals surface area contributed by atoms with E-state index < -0.39 is 16.9 Å². The molecule has 0 bridgehead atoms. The fourth-order valence-corrected chi connectivity index (χ4v) is 3.34. The quantitative estimate of drug-likeness (QED) is 0.350. The van der Waals surface area contributed by atoms with E-state index in [9.17, 15) is 19.7 Å². The Morgan fingerprint density at radius 3 is 2.29 bits per heavy atom. The zero-order valence-electron chi connectivity index (χ0n) is 19.9. The maximum absolute atomic E-state index is 13.2. The normalized spacial score (nSPS) is 11.3. The summed E-state index contributed by atoms with van der Waals surface area (Å²) in [6.07, 6.45) is 1.20. The number of nitro benzene ring substituents is 1. The first-order valence-electron chi connectivity index (χ1n) is 11.0. The molecule has 0 saturated carbocycles. The number of hydrogen-bond acceptors (Lipinski definition) is 7. The van der Waals surface area contributed by atoms with Gasteiger partial charge in [0.1, 0.15) is 17.5 Å². The molecule has 0 radical (unpaired) electrons. The molecule has 1 atom stereocenters. The van der Waals surface area contributed by atoms with Crippen LogP contribution >= 0.6 is 0 Å². The van der Waals surface area contributed by atoms with Gasteiger partial charge in [-0.05, 0) is 36.6 Å². The molecule has 34 heavy (non-hydrogen) atoms. The van der Waals surface area contributed by atoms with Crippen LogP contribution in [0.2, 0.25) is 0 Å². The largest absolute Gasteiger partial charge is 0.497 e. The topological polar surface area (TPSA) is 120 Å². The second-order valence-electron chi connectivity index (χ2n) is 7.46. The number of carbonyl (C=O) groups excluding carboxylic acids is 2. The van der Waals surface area contributed by atoms with Crippen LogP contribution in [-0.4, -0.2) is 55.1 Å². The van der Waals surface area contributed by atoms with E-state index in [1.54, 1.807) is 19.2 Å². The van der Waals surface area contributed by atoms with E-state index in [0.717, 1.165) is 12.0 Å². The highest BCUT2D eigenvalue weighted by Crippen LogP contribution is 2.30. The van der Waals surface area contributed by atoms with E-state index in [2.05, 4.69) is 5.32 Å². The SMILES string of the molecule is CCCNC(=O)[C@H](CC)N(Cc1ccc(OC)cc1)C(=O)COc1ccc([N+](=O)[O-])c(OC)c1. The zero-order valence-corrected chi connectivity index (χ0v) is 19.9. The first-order valence-corrected chi connectivity index (χ1v) is 11.0. The molecule has 0 aliphatic heterocycles. The molecule has 184 valence electrons. The molecule has 2 amide bonds. The van der Waals surface area contributed by atoms with Crippen molar-refractivity contribution in [3.8, 4) is 17.2 Å². The number of hydrogen-bond donors (Lipinski definition) is 1. The van der Waals surface area contributed by atoms with Crippen molar-refractivity contribution in [1.29, 1.82) is 0 Å². The van der Waals surface area contributed by atoms with Gasteiger partial charge in [-0.3, -0.25) is 19.7 Å². The van der Waals surface area contributed by atoms with Gasteiger partial charge in [-0.15, -0.1) is 0 Å². The predicted molar refractivity (Wildman–Crippen MR) is 126 cm³/mol. The van der Waals surface area contributed by atoms with Crippen LogP contribution in [0.3, 0.4) is 0 Å². The molecule has 1 N–H and O–H groups in total. The van der Waals surface area contributed by atoms with Crippen LogP contribution in [0.5, 0.6) is 17.2 Å². The van der Waals surface area contributed by atoms with Crippen LogP contribution in [0.15, 0.2) is 42.5 Å². The summed E-state index contributed by atoms with van der Waals surface area (Å²) in [5.41, 5.74) is 0.619. The Morgan fingerprint density at radius 2 is 1.74 bits per heavy atom. The van der Waals surface area contributed by atoms with Crippen LogP contribution in [0.1, 0.15) is 32.3 Å². The first kappa shape index (κ1) is 26.4. The van der Waals surface area contributed by atoms with Gasteiger partial charge >= 0.3 is 5.69 Å².